The maximum Gasteiger partial charge on any atom is 0.410 e. The number of hydrogen-bond donors (Lipinski definition) is 1. The van der Waals surface area contributed by atoms with Crippen LogP contribution in [0.3, 0.4) is 0 Å². The second-order valence-electron chi connectivity index (χ2n) is 6.53. The minimum absolute atomic E-state index is 0.226. The molecule has 1 aromatic carbocycles. The number of amides is 1. The van der Waals surface area contributed by atoms with Gasteiger partial charge in [-0.2, -0.15) is 0 Å². The first kappa shape index (κ1) is 17.3. The number of hydrogen-bond acceptors (Lipinski definition) is 5. The van der Waals surface area contributed by atoms with E-state index in [1.165, 1.54) is 4.90 Å². The standard InChI is InChI=1S/C17H24N2O4/c1-17(2,3)23-16(21)19-10-9-18-14(11-19)15(20)22-12-13-7-5-4-6-8-13/h4-8,14,18H,9-12H2,1-3H3. The molecule has 0 radical (unpaired) electrons. The highest BCUT2D eigenvalue weighted by Gasteiger charge is 2.31. The molecule has 1 amide bonds. The molecule has 0 saturated carbocycles. The van der Waals surface area contributed by atoms with Gasteiger partial charge in [0.2, 0.25) is 0 Å². The average Bonchev–Trinajstić information content (AvgIpc) is 2.52. The predicted octanol–water partition coefficient (Wildman–Crippen LogP) is 1.94. The molecule has 1 aromatic rings. The molecule has 1 fully saturated rings. The van der Waals surface area contributed by atoms with E-state index >= 15 is 0 Å². The number of benzene rings is 1. The molecule has 1 saturated heterocycles. The smallest absolute Gasteiger partial charge is 0.410 e. The molecule has 6 nitrogen and oxygen atoms in total. The van der Waals surface area contributed by atoms with Crippen molar-refractivity contribution in [1.82, 2.24) is 10.2 Å². The van der Waals surface area contributed by atoms with E-state index in [-0.39, 0.29) is 19.1 Å². The lowest BCUT2D eigenvalue weighted by Crippen LogP contribution is -2.56. The number of carbonyl (C=O) groups is 2. The molecule has 1 N–H and O–H groups in total. The van der Waals surface area contributed by atoms with E-state index in [2.05, 4.69) is 5.32 Å². The molecule has 126 valence electrons. The topological polar surface area (TPSA) is 67.9 Å². The van der Waals surface area contributed by atoms with Gasteiger partial charge in [-0.3, -0.25) is 4.79 Å². The van der Waals surface area contributed by atoms with E-state index in [1.807, 2.05) is 51.1 Å². The Hall–Kier alpha value is -2.08. The van der Waals surface area contributed by atoms with Crippen molar-refractivity contribution in [2.24, 2.45) is 0 Å². The summed E-state index contributed by atoms with van der Waals surface area (Å²) in [6.45, 7) is 6.98. The number of nitrogens with one attached hydrogen (secondary N) is 1. The third-order valence-electron chi connectivity index (χ3n) is 3.34. The summed E-state index contributed by atoms with van der Waals surface area (Å²) >= 11 is 0. The molecule has 23 heavy (non-hydrogen) atoms. The molecule has 1 heterocycles. The minimum Gasteiger partial charge on any atom is -0.460 e. The van der Waals surface area contributed by atoms with Crippen LogP contribution in [0, 0.1) is 0 Å². The summed E-state index contributed by atoms with van der Waals surface area (Å²) in [4.78, 5) is 25.8. The second-order valence-corrected chi connectivity index (χ2v) is 6.53. The van der Waals surface area contributed by atoms with Crippen molar-refractivity contribution in [3.05, 3.63) is 35.9 Å². The average molecular weight is 320 g/mol. The van der Waals surface area contributed by atoms with Crippen LogP contribution in [0.2, 0.25) is 0 Å². The number of esters is 1. The monoisotopic (exact) mass is 320 g/mol. The first-order valence-electron chi connectivity index (χ1n) is 7.77. The van der Waals surface area contributed by atoms with Crippen LogP contribution in [0.15, 0.2) is 30.3 Å². The molecular formula is C17H24N2O4. The van der Waals surface area contributed by atoms with Crippen LogP contribution in [-0.2, 0) is 20.9 Å². The van der Waals surface area contributed by atoms with Crippen LogP contribution in [0.4, 0.5) is 4.79 Å². The molecule has 1 aliphatic heterocycles. The van der Waals surface area contributed by atoms with E-state index in [0.717, 1.165) is 5.56 Å². The van der Waals surface area contributed by atoms with Gasteiger partial charge in [0.15, 0.2) is 0 Å². The molecule has 0 spiro atoms. The maximum atomic E-state index is 12.2. The second kappa shape index (κ2) is 7.46. The van der Waals surface area contributed by atoms with Crippen molar-refractivity contribution in [2.45, 2.75) is 39.0 Å². The van der Waals surface area contributed by atoms with E-state index in [0.29, 0.717) is 13.1 Å². The number of nitrogens with zero attached hydrogens (tertiary/aromatic N) is 1. The third kappa shape index (κ3) is 5.56. The Bertz CT molecular complexity index is 539. The SMILES string of the molecule is CC(C)(C)OC(=O)N1CCNC(C(=O)OCc2ccccc2)C1. The van der Waals surface area contributed by atoms with Crippen LogP contribution < -0.4 is 5.32 Å². The molecular weight excluding hydrogens is 296 g/mol. The Morgan fingerprint density at radius 3 is 2.61 bits per heavy atom. The Balaban J connectivity index is 1.85. The van der Waals surface area contributed by atoms with Crippen LogP contribution >= 0.6 is 0 Å². The molecule has 0 bridgehead atoms. The van der Waals surface area contributed by atoms with Gasteiger partial charge >= 0.3 is 12.1 Å². The van der Waals surface area contributed by atoms with Crippen molar-refractivity contribution in [3.8, 4) is 0 Å². The molecule has 6 heteroatoms. The molecule has 0 aromatic heterocycles. The highest BCUT2D eigenvalue weighted by atomic mass is 16.6. The fraction of sp³-hybridized carbons (Fsp3) is 0.529. The van der Waals surface area contributed by atoms with Gasteiger partial charge in [-0.05, 0) is 26.3 Å². The Morgan fingerprint density at radius 2 is 1.96 bits per heavy atom. The summed E-state index contributed by atoms with van der Waals surface area (Å²) in [5.41, 5.74) is 0.381. The first-order chi connectivity index (χ1) is 10.8. The van der Waals surface area contributed by atoms with Crippen LogP contribution in [0.1, 0.15) is 26.3 Å². The van der Waals surface area contributed by atoms with Gasteiger partial charge in [0.1, 0.15) is 18.2 Å². The van der Waals surface area contributed by atoms with Crippen molar-refractivity contribution >= 4 is 12.1 Å². The highest BCUT2D eigenvalue weighted by molar-refractivity contribution is 5.78. The van der Waals surface area contributed by atoms with Gasteiger partial charge in [0.05, 0.1) is 6.54 Å². The zero-order valence-electron chi connectivity index (χ0n) is 13.9. The number of rotatable bonds is 3. The van der Waals surface area contributed by atoms with Gasteiger partial charge < -0.3 is 19.7 Å². The van der Waals surface area contributed by atoms with Crippen LogP contribution in [0.25, 0.3) is 0 Å². The fourth-order valence-electron chi connectivity index (χ4n) is 2.23. The van der Waals surface area contributed by atoms with E-state index in [1.54, 1.807) is 0 Å². The Labute approximate surface area is 136 Å². The van der Waals surface area contributed by atoms with E-state index in [9.17, 15) is 9.59 Å². The molecule has 1 aliphatic rings. The Kier molecular flexibility index (Phi) is 5.60. The van der Waals surface area contributed by atoms with Gasteiger partial charge in [-0.25, -0.2) is 4.79 Å². The maximum absolute atomic E-state index is 12.2. The van der Waals surface area contributed by atoms with Gasteiger partial charge in [-0.15, -0.1) is 0 Å². The lowest BCUT2D eigenvalue weighted by Gasteiger charge is -2.33. The summed E-state index contributed by atoms with van der Waals surface area (Å²) in [6.07, 6.45) is -0.403. The first-order valence-corrected chi connectivity index (χ1v) is 7.77. The molecule has 1 unspecified atom stereocenters. The van der Waals surface area contributed by atoms with Crippen LogP contribution in [0.5, 0.6) is 0 Å². The zero-order valence-corrected chi connectivity index (χ0v) is 13.9. The number of piperazine rings is 1. The quantitative estimate of drug-likeness (QED) is 0.862. The number of ether oxygens (including phenoxy) is 2. The summed E-state index contributed by atoms with van der Waals surface area (Å²) < 4.78 is 10.7. The van der Waals surface area contributed by atoms with E-state index in [4.69, 9.17) is 9.47 Å². The number of carbonyl (C=O) groups excluding carboxylic acids is 2. The summed E-state index contributed by atoms with van der Waals surface area (Å²) in [6, 6.07) is 8.97. The lowest BCUT2D eigenvalue weighted by molar-refractivity contribution is -0.148. The molecule has 2 rings (SSSR count). The van der Waals surface area contributed by atoms with Crippen molar-refractivity contribution in [3.63, 3.8) is 0 Å². The predicted molar refractivity (Wildman–Crippen MR) is 85.8 cm³/mol. The fourth-order valence-corrected chi connectivity index (χ4v) is 2.23. The van der Waals surface area contributed by atoms with Gasteiger partial charge in [-0.1, -0.05) is 30.3 Å². The van der Waals surface area contributed by atoms with Crippen molar-refractivity contribution < 1.29 is 19.1 Å². The van der Waals surface area contributed by atoms with Crippen LogP contribution in [-0.4, -0.2) is 48.2 Å². The van der Waals surface area contributed by atoms with Gasteiger partial charge in [0, 0.05) is 13.1 Å². The minimum atomic E-state index is -0.550. The molecule has 0 aliphatic carbocycles. The third-order valence-corrected chi connectivity index (χ3v) is 3.34. The summed E-state index contributed by atoms with van der Waals surface area (Å²) in [5, 5.41) is 3.08. The lowest BCUT2D eigenvalue weighted by atomic mass is 10.2. The van der Waals surface area contributed by atoms with Crippen molar-refractivity contribution in [2.75, 3.05) is 19.6 Å². The highest BCUT2D eigenvalue weighted by Crippen LogP contribution is 2.12. The summed E-state index contributed by atoms with van der Waals surface area (Å²) in [5.74, 6) is -0.359. The van der Waals surface area contributed by atoms with E-state index < -0.39 is 17.7 Å². The van der Waals surface area contributed by atoms with Crippen molar-refractivity contribution in [1.29, 1.82) is 0 Å². The van der Waals surface area contributed by atoms with Gasteiger partial charge in [0.25, 0.3) is 0 Å². The zero-order chi connectivity index (χ0) is 16.9. The largest absolute Gasteiger partial charge is 0.460 e. The molecule has 1 atom stereocenters. The Morgan fingerprint density at radius 1 is 1.26 bits per heavy atom. The normalized spacial score (nSPS) is 18.4. The summed E-state index contributed by atoms with van der Waals surface area (Å²) in [7, 11) is 0.